The topological polar surface area (TPSA) is 0 Å². The van der Waals surface area contributed by atoms with Gasteiger partial charge in [0, 0.05) is 0 Å². The van der Waals surface area contributed by atoms with Crippen molar-refractivity contribution in [2.45, 2.75) is 17.6 Å². The molecule has 0 N–H and O–H groups in total. The van der Waals surface area contributed by atoms with E-state index in [0.29, 0.717) is 0 Å². The number of hydrogen-bond donors (Lipinski definition) is 1. The summed E-state index contributed by atoms with van der Waals surface area (Å²) in [5, 5.41) is 2.54. The summed E-state index contributed by atoms with van der Waals surface area (Å²) >= 11 is 4.95. The van der Waals surface area contributed by atoms with Crippen LogP contribution in [0.5, 0.6) is 0 Å². The fourth-order valence-corrected chi connectivity index (χ4v) is 3.08. The summed E-state index contributed by atoms with van der Waals surface area (Å²) in [6, 6.07) is 8.84. The zero-order chi connectivity index (χ0) is 8.81. The SMILES string of the molecule is Cc1ccc(C[Se]CCS)cc1. The Morgan fingerprint density at radius 2 is 1.92 bits per heavy atom. The van der Waals surface area contributed by atoms with Crippen molar-refractivity contribution in [2.24, 2.45) is 0 Å². The molecule has 12 heavy (non-hydrogen) atoms. The molecule has 0 saturated heterocycles. The van der Waals surface area contributed by atoms with Crippen molar-refractivity contribution < 1.29 is 0 Å². The van der Waals surface area contributed by atoms with Crippen LogP contribution in [0.25, 0.3) is 0 Å². The first kappa shape index (κ1) is 10.2. The van der Waals surface area contributed by atoms with Crippen molar-refractivity contribution >= 4 is 27.6 Å². The van der Waals surface area contributed by atoms with Gasteiger partial charge in [-0.3, -0.25) is 0 Å². The Morgan fingerprint density at radius 3 is 2.50 bits per heavy atom. The van der Waals surface area contributed by atoms with Crippen molar-refractivity contribution in [2.75, 3.05) is 5.75 Å². The molecular weight excluding hydrogens is 231 g/mol. The Kier molecular flexibility index (Phi) is 4.82. The van der Waals surface area contributed by atoms with Crippen molar-refractivity contribution in [3.8, 4) is 0 Å². The predicted octanol–water partition coefficient (Wildman–Crippen LogP) is 2.55. The molecule has 0 nitrogen and oxygen atoms in total. The molecular formula is C10H14SSe. The molecule has 0 amide bonds. The summed E-state index contributed by atoms with van der Waals surface area (Å²) in [5.41, 5.74) is 2.82. The van der Waals surface area contributed by atoms with Gasteiger partial charge in [-0.1, -0.05) is 0 Å². The Balaban J connectivity index is 2.37. The Morgan fingerprint density at radius 1 is 1.25 bits per heavy atom. The molecule has 0 unspecified atom stereocenters. The van der Waals surface area contributed by atoms with Crippen molar-refractivity contribution in [1.82, 2.24) is 0 Å². The Hall–Kier alpha value is 0.0895. The summed E-state index contributed by atoms with van der Waals surface area (Å²) in [6.07, 6.45) is 0. The first-order chi connectivity index (χ1) is 5.83. The third-order valence-corrected chi connectivity index (χ3v) is 4.69. The summed E-state index contributed by atoms with van der Waals surface area (Å²) in [6.45, 7) is 2.13. The van der Waals surface area contributed by atoms with Gasteiger partial charge in [0.1, 0.15) is 0 Å². The average molecular weight is 245 g/mol. The van der Waals surface area contributed by atoms with E-state index in [9.17, 15) is 0 Å². The molecule has 0 heterocycles. The number of benzene rings is 1. The number of rotatable bonds is 4. The Bertz CT molecular complexity index is 218. The second-order valence-electron chi connectivity index (χ2n) is 2.76. The van der Waals surface area contributed by atoms with E-state index >= 15 is 0 Å². The first-order valence-electron chi connectivity index (χ1n) is 4.07. The molecule has 0 atom stereocenters. The quantitative estimate of drug-likeness (QED) is 0.470. The van der Waals surface area contributed by atoms with Crippen LogP contribution in [0.1, 0.15) is 11.1 Å². The molecule has 0 bridgehead atoms. The summed E-state index contributed by atoms with van der Waals surface area (Å²) in [5.74, 6) is 1.03. The summed E-state index contributed by atoms with van der Waals surface area (Å²) in [4.78, 5) is 0. The molecule has 0 spiro atoms. The first-order valence-corrected chi connectivity index (χ1v) is 7.12. The van der Waals surface area contributed by atoms with Gasteiger partial charge in [0.05, 0.1) is 0 Å². The molecule has 0 fully saturated rings. The van der Waals surface area contributed by atoms with E-state index in [-0.39, 0.29) is 0 Å². The molecule has 0 aliphatic heterocycles. The normalized spacial score (nSPS) is 10.2. The molecule has 0 saturated carbocycles. The predicted molar refractivity (Wildman–Crippen MR) is 59.3 cm³/mol. The van der Waals surface area contributed by atoms with Gasteiger partial charge in [0.2, 0.25) is 0 Å². The van der Waals surface area contributed by atoms with Crippen LogP contribution in [-0.2, 0) is 5.32 Å². The van der Waals surface area contributed by atoms with Crippen LogP contribution in [0, 0.1) is 6.92 Å². The van der Waals surface area contributed by atoms with E-state index < -0.39 is 0 Å². The van der Waals surface area contributed by atoms with Crippen LogP contribution in [0.4, 0.5) is 0 Å². The van der Waals surface area contributed by atoms with Crippen LogP contribution >= 0.6 is 12.6 Å². The standard InChI is InChI=1S/C10H14SSe/c1-9-2-4-10(5-3-9)8-12-7-6-11/h2-5,11H,6-8H2,1H3. The maximum atomic E-state index is 4.20. The monoisotopic (exact) mass is 246 g/mol. The van der Waals surface area contributed by atoms with Crippen LogP contribution in [-0.4, -0.2) is 20.7 Å². The fourth-order valence-electron chi connectivity index (χ4n) is 0.939. The molecule has 0 aliphatic rings. The van der Waals surface area contributed by atoms with E-state index in [1.54, 1.807) is 0 Å². The molecule has 1 aromatic rings. The third kappa shape index (κ3) is 3.66. The van der Waals surface area contributed by atoms with Crippen LogP contribution in [0.3, 0.4) is 0 Å². The molecule has 66 valence electrons. The number of thiol groups is 1. The minimum atomic E-state index is 0.747. The zero-order valence-corrected chi connectivity index (χ0v) is 9.89. The maximum absolute atomic E-state index is 4.20. The van der Waals surface area contributed by atoms with Crippen LogP contribution < -0.4 is 0 Å². The van der Waals surface area contributed by atoms with Crippen molar-refractivity contribution in [3.05, 3.63) is 35.4 Å². The molecule has 2 heteroatoms. The third-order valence-electron chi connectivity index (χ3n) is 1.62. The summed E-state index contributed by atoms with van der Waals surface area (Å²) < 4.78 is 0. The molecule has 1 aromatic carbocycles. The van der Waals surface area contributed by atoms with Gasteiger partial charge in [0.15, 0.2) is 0 Å². The van der Waals surface area contributed by atoms with E-state index in [1.165, 1.54) is 21.8 Å². The van der Waals surface area contributed by atoms with E-state index in [1.807, 2.05) is 0 Å². The van der Waals surface area contributed by atoms with Gasteiger partial charge >= 0.3 is 86.3 Å². The zero-order valence-electron chi connectivity index (χ0n) is 7.29. The van der Waals surface area contributed by atoms with Crippen molar-refractivity contribution in [3.63, 3.8) is 0 Å². The van der Waals surface area contributed by atoms with Gasteiger partial charge in [-0.25, -0.2) is 0 Å². The van der Waals surface area contributed by atoms with Gasteiger partial charge in [0.25, 0.3) is 0 Å². The minimum absolute atomic E-state index is 0.747. The number of aryl methyl sites for hydroxylation is 1. The fraction of sp³-hybridized carbons (Fsp3) is 0.400. The summed E-state index contributed by atoms with van der Waals surface area (Å²) in [7, 11) is 0. The second-order valence-corrected chi connectivity index (χ2v) is 5.53. The molecule has 0 aliphatic carbocycles. The van der Waals surface area contributed by atoms with E-state index in [4.69, 9.17) is 0 Å². The van der Waals surface area contributed by atoms with E-state index in [2.05, 4.69) is 43.8 Å². The van der Waals surface area contributed by atoms with Gasteiger partial charge in [-0.05, 0) is 0 Å². The molecule has 0 aromatic heterocycles. The van der Waals surface area contributed by atoms with Crippen molar-refractivity contribution in [1.29, 1.82) is 0 Å². The molecule has 1 rings (SSSR count). The van der Waals surface area contributed by atoms with Crippen LogP contribution in [0.15, 0.2) is 24.3 Å². The average Bonchev–Trinajstić information content (AvgIpc) is 2.09. The van der Waals surface area contributed by atoms with Gasteiger partial charge in [-0.2, -0.15) is 0 Å². The van der Waals surface area contributed by atoms with Crippen LogP contribution in [0.2, 0.25) is 5.32 Å². The Labute approximate surface area is 86.3 Å². The number of hydrogen-bond acceptors (Lipinski definition) is 1. The van der Waals surface area contributed by atoms with Gasteiger partial charge in [-0.15, -0.1) is 0 Å². The molecule has 0 radical (unpaired) electrons. The van der Waals surface area contributed by atoms with E-state index in [0.717, 1.165) is 20.7 Å². The second kappa shape index (κ2) is 5.69. The van der Waals surface area contributed by atoms with Gasteiger partial charge < -0.3 is 0 Å².